The number of rotatable bonds is 5. The number of nitrogens with zero attached hydrogens (tertiary/aromatic N) is 1. The highest BCUT2D eigenvalue weighted by molar-refractivity contribution is 9.10. The number of carbonyl (C=O) groups is 1. The second-order valence-electron chi connectivity index (χ2n) is 4.71. The van der Waals surface area contributed by atoms with Crippen molar-refractivity contribution in [3.05, 3.63) is 58.1 Å². The lowest BCUT2D eigenvalue weighted by molar-refractivity contribution is 0.0952. The Bertz CT molecular complexity index is 727. The number of hydrogen-bond acceptors (Lipinski definition) is 4. The van der Waals surface area contributed by atoms with Gasteiger partial charge in [-0.25, -0.2) is 5.43 Å². The SMILES string of the molecule is COc1ccc(C(=O)NN=C(C)c2ccc(Br)cc2)c(OC)c1. The van der Waals surface area contributed by atoms with Gasteiger partial charge < -0.3 is 9.47 Å². The lowest BCUT2D eigenvalue weighted by atomic mass is 10.1. The molecule has 120 valence electrons. The van der Waals surface area contributed by atoms with Crippen LogP contribution < -0.4 is 14.9 Å². The number of amides is 1. The van der Waals surface area contributed by atoms with Gasteiger partial charge in [-0.15, -0.1) is 0 Å². The molecule has 6 heteroatoms. The van der Waals surface area contributed by atoms with E-state index in [1.165, 1.54) is 7.11 Å². The van der Waals surface area contributed by atoms with Crippen molar-refractivity contribution in [1.29, 1.82) is 0 Å². The maximum atomic E-state index is 12.3. The van der Waals surface area contributed by atoms with Crippen LogP contribution in [0.4, 0.5) is 0 Å². The van der Waals surface area contributed by atoms with E-state index in [-0.39, 0.29) is 5.91 Å². The normalized spacial score (nSPS) is 11.0. The standard InChI is InChI=1S/C17H17BrN2O3/c1-11(12-4-6-13(18)7-5-12)19-20-17(21)15-9-8-14(22-2)10-16(15)23-3/h4-10H,1-3H3,(H,20,21). The number of hydrazone groups is 1. The Balaban J connectivity index is 2.15. The molecule has 0 spiro atoms. The molecule has 1 amide bonds. The maximum Gasteiger partial charge on any atom is 0.275 e. The fourth-order valence-corrected chi connectivity index (χ4v) is 2.20. The minimum absolute atomic E-state index is 0.346. The van der Waals surface area contributed by atoms with Crippen molar-refractivity contribution in [1.82, 2.24) is 5.43 Å². The monoisotopic (exact) mass is 376 g/mol. The van der Waals surface area contributed by atoms with Gasteiger partial charge in [0.25, 0.3) is 5.91 Å². The molecular weight excluding hydrogens is 360 g/mol. The summed E-state index contributed by atoms with van der Waals surface area (Å²) in [5, 5.41) is 4.13. The second kappa shape index (κ2) is 7.78. The van der Waals surface area contributed by atoms with Gasteiger partial charge >= 0.3 is 0 Å². The molecule has 0 saturated carbocycles. The van der Waals surface area contributed by atoms with Crippen LogP contribution in [-0.4, -0.2) is 25.8 Å². The van der Waals surface area contributed by atoms with E-state index in [2.05, 4.69) is 26.5 Å². The number of nitrogens with one attached hydrogen (secondary N) is 1. The molecule has 0 saturated heterocycles. The van der Waals surface area contributed by atoms with Gasteiger partial charge in [-0.2, -0.15) is 5.10 Å². The number of hydrogen-bond donors (Lipinski definition) is 1. The van der Waals surface area contributed by atoms with Crippen molar-refractivity contribution in [2.75, 3.05) is 14.2 Å². The van der Waals surface area contributed by atoms with Crippen LogP contribution in [0.25, 0.3) is 0 Å². The highest BCUT2D eigenvalue weighted by Gasteiger charge is 2.13. The molecule has 0 fully saturated rings. The van der Waals surface area contributed by atoms with E-state index in [0.717, 1.165) is 10.0 Å². The molecule has 0 unspecified atom stereocenters. The van der Waals surface area contributed by atoms with Gasteiger partial charge in [0.2, 0.25) is 0 Å². The van der Waals surface area contributed by atoms with Crippen LogP contribution in [0.3, 0.4) is 0 Å². The summed E-state index contributed by atoms with van der Waals surface area (Å²) in [7, 11) is 3.06. The summed E-state index contributed by atoms with van der Waals surface area (Å²) in [5.74, 6) is 0.701. The van der Waals surface area contributed by atoms with Crippen molar-refractivity contribution in [2.24, 2.45) is 5.10 Å². The van der Waals surface area contributed by atoms with E-state index in [0.29, 0.717) is 22.8 Å². The smallest absolute Gasteiger partial charge is 0.275 e. The van der Waals surface area contributed by atoms with E-state index < -0.39 is 0 Å². The zero-order valence-corrected chi connectivity index (χ0v) is 14.7. The van der Waals surface area contributed by atoms with Gasteiger partial charge in [0, 0.05) is 10.5 Å². The lowest BCUT2D eigenvalue weighted by Crippen LogP contribution is -2.20. The van der Waals surface area contributed by atoms with Gasteiger partial charge in [-0.3, -0.25) is 4.79 Å². The first-order chi connectivity index (χ1) is 11.0. The van der Waals surface area contributed by atoms with Gasteiger partial charge in [-0.05, 0) is 36.8 Å². The zero-order valence-electron chi connectivity index (χ0n) is 13.1. The Morgan fingerprint density at radius 1 is 1.09 bits per heavy atom. The van der Waals surface area contributed by atoms with Crippen LogP contribution in [0, 0.1) is 0 Å². The topological polar surface area (TPSA) is 59.9 Å². The second-order valence-corrected chi connectivity index (χ2v) is 5.63. The van der Waals surface area contributed by atoms with E-state index in [1.807, 2.05) is 31.2 Å². The highest BCUT2D eigenvalue weighted by Crippen LogP contribution is 2.24. The number of benzene rings is 2. The molecule has 23 heavy (non-hydrogen) atoms. The van der Waals surface area contributed by atoms with Crippen LogP contribution >= 0.6 is 15.9 Å². The zero-order chi connectivity index (χ0) is 16.8. The number of methoxy groups -OCH3 is 2. The third kappa shape index (κ3) is 4.32. The van der Waals surface area contributed by atoms with Crippen molar-refractivity contribution in [2.45, 2.75) is 6.92 Å². The van der Waals surface area contributed by atoms with Gasteiger partial charge in [-0.1, -0.05) is 28.1 Å². The molecule has 0 aliphatic rings. The average molecular weight is 377 g/mol. The van der Waals surface area contributed by atoms with Crippen molar-refractivity contribution in [3.8, 4) is 11.5 Å². The number of ether oxygens (including phenoxy) is 2. The van der Waals surface area contributed by atoms with Crippen LogP contribution in [0.15, 0.2) is 52.0 Å². The van der Waals surface area contributed by atoms with E-state index in [9.17, 15) is 4.79 Å². The Morgan fingerprint density at radius 2 is 1.78 bits per heavy atom. The molecule has 2 rings (SSSR count). The predicted octanol–water partition coefficient (Wildman–Crippen LogP) is 3.62. The summed E-state index contributed by atoms with van der Waals surface area (Å²) >= 11 is 3.38. The van der Waals surface area contributed by atoms with Crippen LogP contribution in [0.1, 0.15) is 22.8 Å². The maximum absolute atomic E-state index is 12.3. The quantitative estimate of drug-likeness (QED) is 0.640. The minimum Gasteiger partial charge on any atom is -0.497 e. The van der Waals surface area contributed by atoms with Crippen molar-refractivity contribution < 1.29 is 14.3 Å². The molecule has 1 N–H and O–H groups in total. The van der Waals surface area contributed by atoms with Gasteiger partial charge in [0.05, 0.1) is 25.5 Å². The summed E-state index contributed by atoms with van der Waals surface area (Å²) < 4.78 is 11.3. The average Bonchev–Trinajstić information content (AvgIpc) is 2.59. The van der Waals surface area contributed by atoms with Crippen LogP contribution in [-0.2, 0) is 0 Å². The molecule has 0 radical (unpaired) electrons. The first-order valence-corrected chi connectivity index (χ1v) is 7.67. The Hall–Kier alpha value is -2.34. The molecule has 0 heterocycles. The van der Waals surface area contributed by atoms with E-state index in [1.54, 1.807) is 25.3 Å². The molecule has 2 aromatic rings. The number of halogens is 1. The molecule has 0 aliphatic carbocycles. The molecular formula is C17H17BrN2O3. The molecule has 0 aromatic heterocycles. The van der Waals surface area contributed by atoms with E-state index in [4.69, 9.17) is 9.47 Å². The van der Waals surface area contributed by atoms with Crippen LogP contribution in [0.5, 0.6) is 11.5 Å². The fourth-order valence-electron chi connectivity index (χ4n) is 1.94. The highest BCUT2D eigenvalue weighted by atomic mass is 79.9. The fraction of sp³-hybridized carbons (Fsp3) is 0.176. The summed E-state index contributed by atoms with van der Waals surface area (Å²) in [6.45, 7) is 1.83. The van der Waals surface area contributed by atoms with Crippen molar-refractivity contribution >= 4 is 27.5 Å². The third-order valence-electron chi connectivity index (χ3n) is 3.24. The van der Waals surface area contributed by atoms with Crippen molar-refractivity contribution in [3.63, 3.8) is 0 Å². The Morgan fingerprint density at radius 3 is 2.39 bits per heavy atom. The summed E-state index contributed by atoms with van der Waals surface area (Å²) in [6.07, 6.45) is 0. The minimum atomic E-state index is -0.346. The molecule has 0 atom stereocenters. The largest absolute Gasteiger partial charge is 0.497 e. The lowest BCUT2D eigenvalue weighted by Gasteiger charge is -2.09. The Kier molecular flexibility index (Phi) is 5.76. The number of carbonyl (C=O) groups excluding carboxylic acids is 1. The van der Waals surface area contributed by atoms with Gasteiger partial charge in [0.15, 0.2) is 0 Å². The van der Waals surface area contributed by atoms with Crippen LogP contribution in [0.2, 0.25) is 0 Å². The summed E-state index contributed by atoms with van der Waals surface area (Å²) in [4.78, 5) is 12.3. The van der Waals surface area contributed by atoms with Gasteiger partial charge in [0.1, 0.15) is 11.5 Å². The van der Waals surface area contributed by atoms with E-state index >= 15 is 0 Å². The summed E-state index contributed by atoms with van der Waals surface area (Å²) in [5.41, 5.74) is 4.56. The molecule has 5 nitrogen and oxygen atoms in total. The first kappa shape index (κ1) is 17.0. The molecule has 2 aromatic carbocycles. The summed E-state index contributed by atoms with van der Waals surface area (Å²) in [6, 6.07) is 12.7. The predicted molar refractivity (Wildman–Crippen MR) is 93.4 cm³/mol. The molecule has 0 bridgehead atoms. The molecule has 0 aliphatic heterocycles. The first-order valence-electron chi connectivity index (χ1n) is 6.87. The Labute approximate surface area is 143 Å². The third-order valence-corrected chi connectivity index (χ3v) is 3.77.